The summed E-state index contributed by atoms with van der Waals surface area (Å²) in [5.74, 6) is 0. The number of nitrogens with zero attached hydrogens (tertiary/aromatic N) is 2. The van der Waals surface area contributed by atoms with Crippen molar-refractivity contribution < 1.29 is 8.83 Å². The van der Waals surface area contributed by atoms with Gasteiger partial charge in [0.1, 0.15) is 11.0 Å². The van der Waals surface area contributed by atoms with Crippen LogP contribution in [0.2, 0.25) is 0 Å². The third kappa shape index (κ3) is 4.28. The summed E-state index contributed by atoms with van der Waals surface area (Å²) in [6.07, 6.45) is 2.90. The molecule has 2 aromatic carbocycles. The van der Waals surface area contributed by atoms with Crippen molar-refractivity contribution in [2.75, 3.05) is 0 Å². The van der Waals surface area contributed by atoms with Crippen molar-refractivity contribution in [1.29, 1.82) is 0 Å². The molecule has 0 unspecified atom stereocenters. The minimum atomic E-state index is 0.845. The molecule has 0 aliphatic carbocycles. The summed E-state index contributed by atoms with van der Waals surface area (Å²) in [4.78, 5) is 7.90. The number of benzene rings is 2. The number of aromatic nitrogens is 2. The van der Waals surface area contributed by atoms with Gasteiger partial charge in [-0.1, -0.05) is 36.4 Å². The predicted molar refractivity (Wildman–Crippen MR) is 92.3 cm³/mol. The second kappa shape index (κ2) is 7.91. The van der Waals surface area contributed by atoms with Gasteiger partial charge >= 0.3 is 0 Å². The van der Waals surface area contributed by atoms with E-state index in [1.54, 1.807) is 11.3 Å². The Morgan fingerprint density at radius 1 is 0.609 bits per heavy atom. The fraction of sp³-hybridized carbons (Fsp3) is 0. The van der Waals surface area contributed by atoms with E-state index < -0.39 is 0 Å². The van der Waals surface area contributed by atoms with E-state index in [9.17, 15) is 0 Å². The van der Waals surface area contributed by atoms with Crippen LogP contribution < -0.4 is 0 Å². The Labute approximate surface area is 137 Å². The largest absolute Gasteiger partial charge is 0.443 e. The number of oxazole rings is 2. The molecule has 0 amide bonds. The van der Waals surface area contributed by atoms with E-state index in [0.717, 1.165) is 22.2 Å². The summed E-state index contributed by atoms with van der Waals surface area (Å²) in [6, 6.07) is 19.4. The third-order valence-corrected chi connectivity index (χ3v) is 3.53. The molecule has 0 atom stereocenters. The van der Waals surface area contributed by atoms with Crippen molar-refractivity contribution in [3.63, 3.8) is 0 Å². The number of para-hydroxylation sites is 4. The smallest absolute Gasteiger partial charge is 0.181 e. The number of thiophene rings is 1. The molecular formula is C18H14N2O2S. The second-order valence-corrected chi connectivity index (χ2v) is 5.25. The van der Waals surface area contributed by atoms with E-state index in [4.69, 9.17) is 8.83 Å². The standard InChI is InChI=1S/2C7H5NO.C4H4S/c2*1-2-4-7-6(3-1)8-5-9-7;1-2-4-5-3-1/h2*1-5H;1-4H. The minimum absolute atomic E-state index is 0.845. The lowest BCUT2D eigenvalue weighted by molar-refractivity contribution is 0.602. The van der Waals surface area contributed by atoms with Gasteiger partial charge in [-0.3, -0.25) is 0 Å². The van der Waals surface area contributed by atoms with Crippen molar-refractivity contribution in [1.82, 2.24) is 9.97 Å². The van der Waals surface area contributed by atoms with Gasteiger partial charge in [0, 0.05) is 0 Å². The van der Waals surface area contributed by atoms with Crippen LogP contribution >= 0.6 is 11.3 Å². The molecule has 0 radical (unpaired) electrons. The lowest BCUT2D eigenvalue weighted by Crippen LogP contribution is -1.61. The van der Waals surface area contributed by atoms with Crippen molar-refractivity contribution in [3.8, 4) is 0 Å². The maximum absolute atomic E-state index is 5.01. The van der Waals surface area contributed by atoms with Crippen LogP contribution in [0.25, 0.3) is 22.2 Å². The number of rotatable bonds is 0. The predicted octanol–water partition coefficient (Wildman–Crippen LogP) is 5.40. The van der Waals surface area contributed by atoms with E-state index in [-0.39, 0.29) is 0 Å². The summed E-state index contributed by atoms with van der Waals surface area (Å²) >= 11 is 1.71. The van der Waals surface area contributed by atoms with Gasteiger partial charge < -0.3 is 8.83 Å². The molecule has 0 bridgehead atoms. The summed E-state index contributed by atoms with van der Waals surface area (Å²) < 4.78 is 10.0. The molecule has 0 N–H and O–H groups in total. The molecule has 23 heavy (non-hydrogen) atoms. The van der Waals surface area contributed by atoms with Crippen molar-refractivity contribution >= 4 is 33.5 Å². The van der Waals surface area contributed by atoms with Gasteiger partial charge in [-0.05, 0) is 35.0 Å². The van der Waals surface area contributed by atoms with Crippen LogP contribution in [0.15, 0.2) is 93.0 Å². The molecule has 0 spiro atoms. The van der Waals surface area contributed by atoms with Crippen molar-refractivity contribution in [3.05, 3.63) is 84.2 Å². The maximum atomic E-state index is 5.01. The lowest BCUT2D eigenvalue weighted by atomic mass is 10.3. The molecule has 0 saturated carbocycles. The highest BCUT2D eigenvalue weighted by molar-refractivity contribution is 7.07. The van der Waals surface area contributed by atoms with Gasteiger partial charge in [0.05, 0.1) is 0 Å². The topological polar surface area (TPSA) is 52.1 Å². The molecule has 114 valence electrons. The Hall–Kier alpha value is -2.92. The van der Waals surface area contributed by atoms with E-state index in [2.05, 4.69) is 9.97 Å². The van der Waals surface area contributed by atoms with Crippen LogP contribution in [-0.4, -0.2) is 9.97 Å². The first-order valence-electron chi connectivity index (χ1n) is 6.97. The third-order valence-electron chi connectivity index (χ3n) is 2.90. The number of hydrogen-bond donors (Lipinski definition) is 0. The van der Waals surface area contributed by atoms with Gasteiger partial charge in [0.15, 0.2) is 24.0 Å². The van der Waals surface area contributed by atoms with Gasteiger partial charge in [0.2, 0.25) is 0 Å². The Morgan fingerprint density at radius 3 is 1.48 bits per heavy atom. The quantitative estimate of drug-likeness (QED) is 0.383. The molecule has 3 heterocycles. The van der Waals surface area contributed by atoms with Crippen LogP contribution in [0, 0.1) is 0 Å². The molecule has 0 fully saturated rings. The zero-order chi connectivity index (χ0) is 15.7. The Kier molecular flexibility index (Phi) is 5.16. The fourth-order valence-corrected chi connectivity index (χ4v) is 2.29. The van der Waals surface area contributed by atoms with E-state index in [0.29, 0.717) is 0 Å². The maximum Gasteiger partial charge on any atom is 0.181 e. The highest BCUT2D eigenvalue weighted by Gasteiger charge is 1.92. The van der Waals surface area contributed by atoms with E-state index in [1.165, 1.54) is 12.8 Å². The SMILES string of the molecule is c1ccc2ocnc2c1.c1ccc2ocnc2c1.c1ccsc1. The molecule has 0 saturated heterocycles. The Balaban J connectivity index is 0.000000107. The van der Waals surface area contributed by atoms with Crippen LogP contribution in [0.1, 0.15) is 0 Å². The monoisotopic (exact) mass is 322 g/mol. The summed E-state index contributed by atoms with van der Waals surface area (Å²) in [5.41, 5.74) is 3.52. The highest BCUT2D eigenvalue weighted by Crippen LogP contribution is 2.09. The van der Waals surface area contributed by atoms with Gasteiger partial charge in [-0.15, -0.1) is 0 Å². The zero-order valence-corrected chi connectivity index (χ0v) is 13.0. The summed E-state index contributed by atoms with van der Waals surface area (Å²) in [6.45, 7) is 0. The molecule has 5 aromatic rings. The Morgan fingerprint density at radius 2 is 1.09 bits per heavy atom. The number of hydrogen-bond acceptors (Lipinski definition) is 5. The fourth-order valence-electron chi connectivity index (χ4n) is 1.83. The Bertz CT molecular complexity index is 798. The van der Waals surface area contributed by atoms with E-state index >= 15 is 0 Å². The average molecular weight is 322 g/mol. The summed E-state index contributed by atoms with van der Waals surface area (Å²) in [7, 11) is 0. The molecule has 5 rings (SSSR count). The average Bonchev–Trinajstić information content (AvgIpc) is 3.37. The normalized spacial score (nSPS) is 9.74. The first-order chi connectivity index (χ1) is 11.4. The van der Waals surface area contributed by atoms with Crippen LogP contribution in [-0.2, 0) is 0 Å². The van der Waals surface area contributed by atoms with E-state index in [1.807, 2.05) is 71.4 Å². The molecule has 0 aliphatic rings. The van der Waals surface area contributed by atoms with Gasteiger partial charge in [-0.2, -0.15) is 11.3 Å². The minimum Gasteiger partial charge on any atom is -0.443 e. The highest BCUT2D eigenvalue weighted by atomic mass is 32.1. The molecule has 3 aromatic heterocycles. The van der Waals surface area contributed by atoms with Crippen LogP contribution in [0.4, 0.5) is 0 Å². The van der Waals surface area contributed by atoms with Crippen molar-refractivity contribution in [2.24, 2.45) is 0 Å². The molecule has 0 aliphatic heterocycles. The van der Waals surface area contributed by atoms with Crippen LogP contribution in [0.3, 0.4) is 0 Å². The molecular weight excluding hydrogens is 308 g/mol. The number of fused-ring (bicyclic) bond motifs is 2. The molecule has 5 heteroatoms. The van der Waals surface area contributed by atoms with Crippen molar-refractivity contribution in [2.45, 2.75) is 0 Å². The second-order valence-electron chi connectivity index (χ2n) is 4.43. The zero-order valence-electron chi connectivity index (χ0n) is 12.2. The van der Waals surface area contributed by atoms with Crippen LogP contribution in [0.5, 0.6) is 0 Å². The summed E-state index contributed by atoms with van der Waals surface area (Å²) in [5, 5.41) is 4.08. The lowest BCUT2D eigenvalue weighted by Gasteiger charge is -1.79. The first-order valence-corrected chi connectivity index (χ1v) is 7.91. The molecule has 4 nitrogen and oxygen atoms in total. The van der Waals surface area contributed by atoms with Gasteiger partial charge in [-0.25, -0.2) is 9.97 Å². The van der Waals surface area contributed by atoms with Gasteiger partial charge in [0.25, 0.3) is 0 Å². The first kappa shape index (κ1) is 15.0.